The molecule has 1 N–H and O–H groups in total. The quantitative estimate of drug-likeness (QED) is 0.426. The summed E-state index contributed by atoms with van der Waals surface area (Å²) in [6, 6.07) is 1.55. The minimum atomic E-state index is -0.388. The molecule has 0 saturated heterocycles. The molecule has 1 rings (SSSR count). The minimum Gasteiger partial charge on any atom is -0.364 e. The van der Waals surface area contributed by atoms with E-state index in [-0.39, 0.29) is 10.6 Å². The van der Waals surface area contributed by atoms with Gasteiger partial charge in [-0.3, -0.25) is 10.1 Å². The maximum absolute atomic E-state index is 10.9. The van der Waals surface area contributed by atoms with Crippen molar-refractivity contribution in [3.05, 3.63) is 27.9 Å². The van der Waals surface area contributed by atoms with Crippen LogP contribution in [-0.4, -0.2) is 28.5 Å². The average molecular weight is 283 g/mol. The van der Waals surface area contributed by atoms with E-state index in [2.05, 4.69) is 16.6 Å². The van der Waals surface area contributed by atoms with Crippen LogP contribution in [0.1, 0.15) is 31.2 Å². The molecule has 5 nitrogen and oxygen atoms in total. The van der Waals surface area contributed by atoms with Gasteiger partial charge in [0.1, 0.15) is 0 Å². The SMILES string of the molecule is CSCCCCCCNc1ncc(C)cc1[N+](=O)[O-]. The van der Waals surface area contributed by atoms with Gasteiger partial charge < -0.3 is 5.32 Å². The number of rotatable bonds is 9. The van der Waals surface area contributed by atoms with Gasteiger partial charge in [0.05, 0.1) is 4.92 Å². The third-order valence-corrected chi connectivity index (χ3v) is 3.47. The first-order chi connectivity index (χ1) is 9.15. The maximum Gasteiger partial charge on any atom is 0.311 e. The predicted molar refractivity (Wildman–Crippen MR) is 81.0 cm³/mol. The highest BCUT2D eigenvalue weighted by Crippen LogP contribution is 2.22. The number of hydrogen-bond donors (Lipinski definition) is 1. The number of nitro groups is 1. The first-order valence-electron chi connectivity index (χ1n) is 6.49. The predicted octanol–water partition coefficient (Wildman–Crippen LogP) is 3.63. The van der Waals surface area contributed by atoms with Crippen LogP contribution in [0.3, 0.4) is 0 Å². The summed E-state index contributed by atoms with van der Waals surface area (Å²) in [4.78, 5) is 14.6. The number of thioether (sulfide) groups is 1. The van der Waals surface area contributed by atoms with E-state index < -0.39 is 0 Å². The molecule has 0 aliphatic carbocycles. The van der Waals surface area contributed by atoms with Gasteiger partial charge >= 0.3 is 5.69 Å². The molecule has 1 aromatic heterocycles. The number of nitrogens with zero attached hydrogens (tertiary/aromatic N) is 2. The van der Waals surface area contributed by atoms with Crippen molar-refractivity contribution < 1.29 is 4.92 Å². The summed E-state index contributed by atoms with van der Waals surface area (Å²) in [6.07, 6.45) is 8.38. The first-order valence-corrected chi connectivity index (χ1v) is 7.88. The van der Waals surface area contributed by atoms with Gasteiger partial charge in [0.25, 0.3) is 0 Å². The number of anilines is 1. The molecule has 1 aromatic rings. The fourth-order valence-corrected chi connectivity index (χ4v) is 2.25. The molecule has 0 aliphatic rings. The molecule has 0 aliphatic heterocycles. The largest absolute Gasteiger partial charge is 0.364 e. The summed E-state index contributed by atoms with van der Waals surface area (Å²) >= 11 is 1.87. The second kappa shape index (κ2) is 8.74. The summed E-state index contributed by atoms with van der Waals surface area (Å²) in [6.45, 7) is 2.53. The average Bonchev–Trinajstić information content (AvgIpc) is 2.39. The van der Waals surface area contributed by atoms with Gasteiger partial charge in [0.2, 0.25) is 5.82 Å². The zero-order valence-electron chi connectivity index (χ0n) is 11.5. The van der Waals surface area contributed by atoms with Gasteiger partial charge in [0.15, 0.2) is 0 Å². The van der Waals surface area contributed by atoms with Crippen LogP contribution < -0.4 is 5.32 Å². The minimum absolute atomic E-state index is 0.0578. The van der Waals surface area contributed by atoms with Crippen LogP contribution >= 0.6 is 11.8 Å². The number of aryl methyl sites for hydroxylation is 1. The van der Waals surface area contributed by atoms with E-state index in [1.807, 2.05) is 11.8 Å². The summed E-state index contributed by atoms with van der Waals surface area (Å²) in [5.74, 6) is 1.58. The van der Waals surface area contributed by atoms with Gasteiger partial charge in [-0.2, -0.15) is 11.8 Å². The van der Waals surface area contributed by atoms with Crippen molar-refractivity contribution >= 4 is 23.3 Å². The van der Waals surface area contributed by atoms with Crippen LogP contribution in [0.15, 0.2) is 12.3 Å². The Morgan fingerprint density at radius 3 is 2.79 bits per heavy atom. The van der Waals surface area contributed by atoms with Crippen molar-refractivity contribution in [1.82, 2.24) is 4.98 Å². The van der Waals surface area contributed by atoms with Crippen molar-refractivity contribution in [3.8, 4) is 0 Å². The molecular weight excluding hydrogens is 262 g/mol. The molecule has 0 radical (unpaired) electrons. The van der Waals surface area contributed by atoms with E-state index in [4.69, 9.17) is 0 Å². The Hall–Kier alpha value is -1.30. The molecule has 6 heteroatoms. The summed E-state index contributed by atoms with van der Waals surface area (Å²) in [5, 5.41) is 14.0. The molecular formula is C13H21N3O2S. The summed E-state index contributed by atoms with van der Waals surface area (Å²) in [7, 11) is 0. The van der Waals surface area contributed by atoms with Gasteiger partial charge in [-0.15, -0.1) is 0 Å². The topological polar surface area (TPSA) is 68.1 Å². The van der Waals surface area contributed by atoms with E-state index in [1.54, 1.807) is 19.2 Å². The van der Waals surface area contributed by atoms with Gasteiger partial charge in [-0.1, -0.05) is 12.8 Å². The first kappa shape index (κ1) is 15.8. The smallest absolute Gasteiger partial charge is 0.311 e. The highest BCUT2D eigenvalue weighted by molar-refractivity contribution is 7.98. The fourth-order valence-electron chi connectivity index (χ4n) is 1.76. The van der Waals surface area contributed by atoms with Crippen LogP contribution in [0.2, 0.25) is 0 Å². The second-order valence-electron chi connectivity index (χ2n) is 4.47. The summed E-state index contributed by atoms with van der Waals surface area (Å²) < 4.78 is 0. The van der Waals surface area contributed by atoms with E-state index in [0.29, 0.717) is 5.82 Å². The molecule has 106 valence electrons. The number of hydrogen-bond acceptors (Lipinski definition) is 5. The Kier molecular flexibility index (Phi) is 7.25. The monoisotopic (exact) mass is 283 g/mol. The number of unbranched alkanes of at least 4 members (excludes halogenated alkanes) is 3. The Morgan fingerprint density at radius 2 is 2.11 bits per heavy atom. The summed E-state index contributed by atoms with van der Waals surface area (Å²) in [5.41, 5.74) is 0.858. The molecule has 0 aromatic carbocycles. The van der Waals surface area contributed by atoms with Gasteiger partial charge in [-0.25, -0.2) is 4.98 Å². The van der Waals surface area contributed by atoms with Gasteiger partial charge in [0, 0.05) is 18.8 Å². The van der Waals surface area contributed by atoms with Crippen molar-refractivity contribution in [1.29, 1.82) is 0 Å². The molecule has 1 heterocycles. The molecule has 0 bridgehead atoms. The molecule has 0 saturated carbocycles. The lowest BCUT2D eigenvalue weighted by Crippen LogP contribution is -2.06. The maximum atomic E-state index is 10.9. The van der Waals surface area contributed by atoms with Crippen LogP contribution in [0.5, 0.6) is 0 Å². The molecule has 19 heavy (non-hydrogen) atoms. The van der Waals surface area contributed by atoms with Crippen molar-refractivity contribution in [2.24, 2.45) is 0 Å². The van der Waals surface area contributed by atoms with E-state index in [1.165, 1.54) is 18.6 Å². The van der Waals surface area contributed by atoms with E-state index in [9.17, 15) is 10.1 Å². The Bertz CT molecular complexity index is 413. The second-order valence-corrected chi connectivity index (χ2v) is 5.46. The van der Waals surface area contributed by atoms with Crippen LogP contribution in [-0.2, 0) is 0 Å². The van der Waals surface area contributed by atoms with Crippen molar-refractivity contribution in [2.75, 3.05) is 23.9 Å². The zero-order chi connectivity index (χ0) is 14.1. The Morgan fingerprint density at radius 1 is 1.37 bits per heavy atom. The Labute approximate surface area is 118 Å². The van der Waals surface area contributed by atoms with E-state index >= 15 is 0 Å². The van der Waals surface area contributed by atoms with Crippen molar-refractivity contribution in [2.45, 2.75) is 32.6 Å². The van der Waals surface area contributed by atoms with Crippen LogP contribution in [0.25, 0.3) is 0 Å². The third-order valence-electron chi connectivity index (χ3n) is 2.77. The van der Waals surface area contributed by atoms with Crippen LogP contribution in [0, 0.1) is 17.0 Å². The molecule has 0 spiro atoms. The van der Waals surface area contributed by atoms with Crippen molar-refractivity contribution in [3.63, 3.8) is 0 Å². The number of aromatic nitrogens is 1. The van der Waals surface area contributed by atoms with E-state index in [0.717, 1.165) is 24.9 Å². The fraction of sp³-hybridized carbons (Fsp3) is 0.615. The number of nitrogens with one attached hydrogen (secondary N) is 1. The highest BCUT2D eigenvalue weighted by Gasteiger charge is 2.14. The lowest BCUT2D eigenvalue weighted by atomic mass is 10.2. The zero-order valence-corrected chi connectivity index (χ0v) is 12.3. The number of pyridine rings is 1. The molecule has 0 unspecified atom stereocenters. The molecule has 0 atom stereocenters. The highest BCUT2D eigenvalue weighted by atomic mass is 32.2. The molecule has 0 fully saturated rings. The normalized spacial score (nSPS) is 10.4. The Balaban J connectivity index is 2.35. The van der Waals surface area contributed by atoms with Crippen LogP contribution in [0.4, 0.5) is 11.5 Å². The van der Waals surface area contributed by atoms with Gasteiger partial charge in [-0.05, 0) is 37.3 Å². The lowest BCUT2D eigenvalue weighted by Gasteiger charge is -2.06. The lowest BCUT2D eigenvalue weighted by molar-refractivity contribution is -0.384. The standard InChI is InChI=1S/C13H21N3O2S/c1-11-9-12(16(17)18)13(15-10-11)14-7-5-3-4-6-8-19-2/h9-10H,3-8H2,1-2H3,(H,14,15). The third kappa shape index (κ3) is 5.92. The molecule has 0 amide bonds.